The Morgan fingerprint density at radius 1 is 0.925 bits per heavy atom. The molecular weight excluding hydrogens is 496 g/mol. The minimum absolute atomic E-state index is 0.359. The average molecular weight is 549 g/mol. The summed E-state index contributed by atoms with van der Waals surface area (Å²) in [4.78, 5) is 11.1. The molecular formula is C33H52N6O. The summed E-state index contributed by atoms with van der Waals surface area (Å²) in [5.74, 6) is 2.42. The number of hydrogen-bond donors (Lipinski definition) is 4. The van der Waals surface area contributed by atoms with Crippen LogP contribution in [0.2, 0.25) is 0 Å². The van der Waals surface area contributed by atoms with Crippen molar-refractivity contribution in [2.45, 2.75) is 97.8 Å². The van der Waals surface area contributed by atoms with Gasteiger partial charge in [0.25, 0.3) is 0 Å². The monoisotopic (exact) mass is 548 g/mol. The first kappa shape index (κ1) is 31.8. The lowest BCUT2D eigenvalue weighted by atomic mass is 9.95. The molecule has 1 aliphatic carbocycles. The molecule has 4 N–H and O–H groups in total. The molecule has 0 spiro atoms. The average Bonchev–Trinajstić information content (AvgIpc) is 3.48. The molecule has 0 amide bonds. The maximum absolute atomic E-state index is 8.96. The summed E-state index contributed by atoms with van der Waals surface area (Å²) < 4.78 is 0. The number of piperidine rings is 1. The van der Waals surface area contributed by atoms with Gasteiger partial charge in [0.1, 0.15) is 0 Å². The third-order valence-corrected chi connectivity index (χ3v) is 7.77. The van der Waals surface area contributed by atoms with Gasteiger partial charge in [0.15, 0.2) is 0 Å². The Morgan fingerprint density at radius 2 is 1.48 bits per heavy atom. The van der Waals surface area contributed by atoms with Crippen molar-refractivity contribution >= 4 is 11.6 Å². The van der Waals surface area contributed by atoms with Crippen LogP contribution in [0.5, 0.6) is 0 Å². The van der Waals surface area contributed by atoms with E-state index in [9.17, 15) is 0 Å². The molecule has 1 saturated heterocycles. The molecule has 1 saturated carbocycles. The zero-order valence-corrected chi connectivity index (χ0v) is 25.3. The number of rotatable bonds is 12. The van der Waals surface area contributed by atoms with Crippen LogP contribution in [0.3, 0.4) is 0 Å². The predicted octanol–water partition coefficient (Wildman–Crippen LogP) is 6.46. The van der Waals surface area contributed by atoms with Crippen LogP contribution < -0.4 is 21.0 Å². The van der Waals surface area contributed by atoms with Crippen molar-refractivity contribution in [3.63, 3.8) is 0 Å². The Kier molecular flexibility index (Phi) is 13.1. The van der Waals surface area contributed by atoms with Crippen LogP contribution in [0.4, 0.5) is 5.95 Å². The topological polar surface area (TPSA) is 85.3 Å². The zero-order chi connectivity index (χ0) is 28.9. The Morgan fingerprint density at radius 3 is 2.02 bits per heavy atom. The van der Waals surface area contributed by atoms with Crippen LogP contribution in [-0.4, -0.2) is 40.3 Å². The SMILES string of the molecule is C=C(NO)c1cnc(N2CCC(NCc3ccc(CNC(C)C(=C)CC4CCCC4)cc3)CC2)nc1.CC(C)C. The van der Waals surface area contributed by atoms with Crippen molar-refractivity contribution in [2.24, 2.45) is 11.8 Å². The minimum Gasteiger partial charge on any atom is -0.341 e. The highest BCUT2D eigenvalue weighted by molar-refractivity contribution is 5.59. The van der Waals surface area contributed by atoms with Crippen molar-refractivity contribution in [1.82, 2.24) is 26.1 Å². The number of hydroxylamine groups is 1. The quantitative estimate of drug-likeness (QED) is 0.179. The number of aromatic nitrogens is 2. The molecule has 7 nitrogen and oxygen atoms in total. The molecule has 4 rings (SSSR count). The molecule has 0 bridgehead atoms. The first-order chi connectivity index (χ1) is 19.2. The number of nitrogens with one attached hydrogen (secondary N) is 3. The molecule has 1 aromatic heterocycles. The van der Waals surface area contributed by atoms with Crippen LogP contribution in [-0.2, 0) is 13.1 Å². The molecule has 1 aliphatic heterocycles. The first-order valence-corrected chi connectivity index (χ1v) is 15.1. The summed E-state index contributed by atoms with van der Waals surface area (Å²) in [6, 6.07) is 9.80. The van der Waals surface area contributed by atoms with Crippen molar-refractivity contribution in [1.29, 1.82) is 0 Å². The van der Waals surface area contributed by atoms with E-state index in [0.29, 0.717) is 23.3 Å². The van der Waals surface area contributed by atoms with Gasteiger partial charge in [-0.1, -0.05) is 89.5 Å². The molecule has 1 aromatic carbocycles. The van der Waals surface area contributed by atoms with E-state index in [-0.39, 0.29) is 0 Å². The summed E-state index contributed by atoms with van der Waals surface area (Å²) in [5, 5.41) is 16.3. The summed E-state index contributed by atoms with van der Waals surface area (Å²) in [5.41, 5.74) is 7.09. The fourth-order valence-electron chi connectivity index (χ4n) is 5.20. The largest absolute Gasteiger partial charge is 0.341 e. The van der Waals surface area contributed by atoms with Gasteiger partial charge in [-0.3, -0.25) is 10.7 Å². The molecule has 2 aliphatic rings. The highest BCUT2D eigenvalue weighted by Gasteiger charge is 2.21. The predicted molar refractivity (Wildman–Crippen MR) is 167 cm³/mol. The van der Waals surface area contributed by atoms with Gasteiger partial charge in [0.2, 0.25) is 5.95 Å². The lowest BCUT2D eigenvalue weighted by Gasteiger charge is -2.32. The van der Waals surface area contributed by atoms with Crippen LogP contribution in [0.25, 0.3) is 5.70 Å². The van der Waals surface area contributed by atoms with E-state index in [1.165, 1.54) is 48.8 Å². The molecule has 1 atom stereocenters. The fourth-order valence-corrected chi connectivity index (χ4v) is 5.20. The van der Waals surface area contributed by atoms with E-state index in [1.54, 1.807) is 12.4 Å². The lowest BCUT2D eigenvalue weighted by molar-refractivity contribution is 0.225. The molecule has 2 fully saturated rings. The molecule has 2 aromatic rings. The van der Waals surface area contributed by atoms with E-state index in [2.05, 4.69) is 90.6 Å². The highest BCUT2D eigenvalue weighted by atomic mass is 16.5. The minimum atomic E-state index is 0.359. The molecule has 40 heavy (non-hydrogen) atoms. The molecule has 7 heteroatoms. The number of benzene rings is 1. The van der Waals surface area contributed by atoms with Crippen LogP contribution in [0, 0.1) is 11.8 Å². The number of hydrogen-bond acceptors (Lipinski definition) is 7. The van der Waals surface area contributed by atoms with Gasteiger partial charge < -0.3 is 15.5 Å². The summed E-state index contributed by atoms with van der Waals surface area (Å²) in [6.07, 6.45) is 12.2. The molecule has 2 heterocycles. The molecule has 220 valence electrons. The van der Waals surface area contributed by atoms with Crippen LogP contribution >= 0.6 is 0 Å². The summed E-state index contributed by atoms with van der Waals surface area (Å²) >= 11 is 0. The van der Waals surface area contributed by atoms with Crippen molar-refractivity contribution in [3.8, 4) is 0 Å². The lowest BCUT2D eigenvalue weighted by Crippen LogP contribution is -2.42. The highest BCUT2D eigenvalue weighted by Crippen LogP contribution is 2.30. The van der Waals surface area contributed by atoms with Crippen molar-refractivity contribution < 1.29 is 5.21 Å². The third kappa shape index (κ3) is 10.7. The standard InChI is InChI=1S/C29H42N6O.C4H10/c1-21(16-24-6-4-5-7-24)22(2)30-17-25-8-10-26(11-9-25)18-31-28-12-14-35(15-13-28)29-32-19-27(20-33-29)23(3)34-36;1-4(2)3/h8-11,19-20,22,24,28,30-31,34,36H,1,3-7,12-18H2,2H3;4H,1-3H3. The smallest absolute Gasteiger partial charge is 0.225 e. The third-order valence-electron chi connectivity index (χ3n) is 7.77. The van der Waals surface area contributed by atoms with Gasteiger partial charge in [-0.2, -0.15) is 0 Å². The second-order valence-corrected chi connectivity index (χ2v) is 12.2. The van der Waals surface area contributed by atoms with Crippen molar-refractivity contribution in [2.75, 3.05) is 18.0 Å². The van der Waals surface area contributed by atoms with E-state index in [4.69, 9.17) is 5.21 Å². The van der Waals surface area contributed by atoms with E-state index in [0.717, 1.165) is 56.8 Å². The number of anilines is 1. The second kappa shape index (κ2) is 16.5. The Balaban J connectivity index is 0.00000103. The second-order valence-electron chi connectivity index (χ2n) is 12.2. The van der Waals surface area contributed by atoms with Gasteiger partial charge in [0, 0.05) is 56.2 Å². The molecule has 0 radical (unpaired) electrons. The van der Waals surface area contributed by atoms with Crippen LogP contribution in [0.15, 0.2) is 55.4 Å². The van der Waals surface area contributed by atoms with Crippen molar-refractivity contribution in [3.05, 3.63) is 72.1 Å². The summed E-state index contributed by atoms with van der Waals surface area (Å²) in [7, 11) is 0. The Bertz CT molecular complexity index is 1020. The maximum Gasteiger partial charge on any atom is 0.225 e. The van der Waals surface area contributed by atoms with E-state index in [1.807, 2.05) is 5.48 Å². The number of nitrogens with zero attached hydrogens (tertiary/aromatic N) is 3. The van der Waals surface area contributed by atoms with Crippen LogP contribution in [0.1, 0.15) is 89.3 Å². The first-order valence-electron chi connectivity index (χ1n) is 15.1. The Hall–Kier alpha value is -2.74. The zero-order valence-electron chi connectivity index (χ0n) is 25.3. The Labute approximate surface area is 242 Å². The van der Waals surface area contributed by atoms with E-state index >= 15 is 0 Å². The van der Waals surface area contributed by atoms with E-state index < -0.39 is 0 Å². The van der Waals surface area contributed by atoms with Gasteiger partial charge in [-0.25, -0.2) is 9.97 Å². The maximum atomic E-state index is 8.96. The fraction of sp³-hybridized carbons (Fsp3) is 0.576. The van der Waals surface area contributed by atoms with Gasteiger partial charge in [-0.05, 0) is 49.1 Å². The summed E-state index contributed by atoms with van der Waals surface area (Å²) in [6.45, 7) is 20.4. The van der Waals surface area contributed by atoms with Gasteiger partial charge in [0.05, 0.1) is 5.70 Å². The normalized spacial score (nSPS) is 16.9. The van der Waals surface area contributed by atoms with Gasteiger partial charge in [-0.15, -0.1) is 0 Å². The van der Waals surface area contributed by atoms with Gasteiger partial charge >= 0.3 is 0 Å². The molecule has 1 unspecified atom stereocenters.